The molecule has 0 aliphatic carbocycles. The third kappa shape index (κ3) is 5.64. The maximum absolute atomic E-state index is 12.4. The lowest BCUT2D eigenvalue weighted by Gasteiger charge is -2.09. The number of carbonyl (C=O) groups excluding carboxylic acids is 1. The number of unbranched alkanes of at least 4 members (excludes halogenated alkanes) is 1. The van der Waals surface area contributed by atoms with Crippen LogP contribution < -0.4 is 4.72 Å². The average Bonchev–Trinajstić information content (AvgIpc) is 2.45. The smallest absolute Gasteiger partial charge is 0.416 e. The van der Waals surface area contributed by atoms with Crippen LogP contribution in [-0.2, 0) is 25.7 Å². The Balaban J connectivity index is 2.65. The van der Waals surface area contributed by atoms with Crippen molar-refractivity contribution >= 4 is 16.0 Å². The molecule has 0 saturated carbocycles. The van der Waals surface area contributed by atoms with Crippen molar-refractivity contribution in [1.29, 1.82) is 0 Å². The minimum Gasteiger partial charge on any atom is -0.465 e. The van der Waals surface area contributed by atoms with Crippen molar-refractivity contribution < 1.29 is 31.1 Å². The van der Waals surface area contributed by atoms with Crippen molar-refractivity contribution in [3.8, 4) is 0 Å². The third-order valence-electron chi connectivity index (χ3n) is 2.66. The number of halogens is 3. The van der Waals surface area contributed by atoms with Crippen molar-refractivity contribution in [2.24, 2.45) is 0 Å². The number of sulfonamides is 1. The largest absolute Gasteiger partial charge is 0.465 e. The summed E-state index contributed by atoms with van der Waals surface area (Å²) in [6.07, 6.45) is -3.05. The Morgan fingerprint density at radius 1 is 1.23 bits per heavy atom. The third-order valence-corrected chi connectivity index (χ3v) is 4.08. The zero-order chi connectivity index (χ0) is 16.8. The summed E-state index contributed by atoms with van der Waals surface area (Å²) in [5, 5.41) is 0. The molecule has 0 radical (unpaired) electrons. The van der Waals surface area contributed by atoms with Crippen LogP contribution in [-0.4, -0.2) is 27.5 Å². The molecule has 0 aliphatic heterocycles. The molecule has 0 saturated heterocycles. The average molecular weight is 339 g/mol. The molecule has 0 unspecified atom stereocenters. The SMILES string of the molecule is CCCCOC(=O)CNS(=O)(=O)c1ccc(C(F)(F)F)cc1. The van der Waals surface area contributed by atoms with Crippen LogP contribution in [0.15, 0.2) is 29.2 Å². The first-order valence-electron chi connectivity index (χ1n) is 6.49. The van der Waals surface area contributed by atoms with Crippen LogP contribution in [0.2, 0.25) is 0 Å². The lowest BCUT2D eigenvalue weighted by molar-refractivity contribution is -0.142. The summed E-state index contributed by atoms with van der Waals surface area (Å²) in [4.78, 5) is 10.9. The summed E-state index contributed by atoms with van der Waals surface area (Å²) >= 11 is 0. The van der Waals surface area contributed by atoms with Crippen LogP contribution in [0.1, 0.15) is 25.3 Å². The number of nitrogens with one attached hydrogen (secondary N) is 1. The van der Waals surface area contributed by atoms with Crippen molar-refractivity contribution in [2.45, 2.75) is 30.8 Å². The fraction of sp³-hybridized carbons (Fsp3) is 0.462. The standard InChI is InChI=1S/C13H16F3NO4S/c1-2-3-8-21-12(18)9-17-22(19,20)11-6-4-10(5-7-11)13(14,15)16/h4-7,17H,2-3,8-9H2,1H3. The number of alkyl halides is 3. The van der Waals surface area contributed by atoms with Crippen molar-refractivity contribution in [2.75, 3.05) is 13.2 Å². The monoisotopic (exact) mass is 339 g/mol. The molecule has 0 heterocycles. The van der Waals surface area contributed by atoms with Gasteiger partial charge in [-0.15, -0.1) is 0 Å². The van der Waals surface area contributed by atoms with Gasteiger partial charge in [0.25, 0.3) is 0 Å². The highest BCUT2D eigenvalue weighted by Crippen LogP contribution is 2.29. The van der Waals surface area contributed by atoms with Crippen LogP contribution in [0.3, 0.4) is 0 Å². The number of benzene rings is 1. The second-order valence-electron chi connectivity index (χ2n) is 4.42. The Hall–Kier alpha value is -1.61. The summed E-state index contributed by atoms with van der Waals surface area (Å²) in [6.45, 7) is 1.52. The van der Waals surface area contributed by atoms with E-state index in [1.165, 1.54) is 0 Å². The summed E-state index contributed by atoms with van der Waals surface area (Å²) in [6, 6.07) is 2.98. The van der Waals surface area contributed by atoms with E-state index in [2.05, 4.69) is 0 Å². The Labute approximate surface area is 126 Å². The quantitative estimate of drug-likeness (QED) is 0.611. The first-order valence-corrected chi connectivity index (χ1v) is 7.97. The van der Waals surface area contributed by atoms with Crippen molar-refractivity contribution in [1.82, 2.24) is 4.72 Å². The minimum atomic E-state index is -4.54. The van der Waals surface area contributed by atoms with Gasteiger partial charge in [0, 0.05) is 0 Å². The van der Waals surface area contributed by atoms with Crippen LogP contribution in [0.4, 0.5) is 13.2 Å². The van der Waals surface area contributed by atoms with Gasteiger partial charge in [-0.3, -0.25) is 4.79 Å². The fourth-order valence-electron chi connectivity index (χ4n) is 1.44. The van der Waals surface area contributed by atoms with E-state index < -0.39 is 34.3 Å². The Bertz CT molecular complexity index is 597. The zero-order valence-corrected chi connectivity index (χ0v) is 12.6. The number of hydrogen-bond acceptors (Lipinski definition) is 4. The maximum atomic E-state index is 12.4. The molecule has 0 bridgehead atoms. The van der Waals surface area contributed by atoms with Gasteiger partial charge < -0.3 is 4.74 Å². The normalized spacial score (nSPS) is 12.2. The summed E-state index contributed by atoms with van der Waals surface area (Å²) in [5.41, 5.74) is -0.953. The molecule has 1 aromatic carbocycles. The molecular weight excluding hydrogens is 323 g/mol. The molecule has 0 spiro atoms. The number of hydrogen-bond donors (Lipinski definition) is 1. The molecule has 124 valence electrons. The van der Waals surface area contributed by atoms with E-state index in [0.29, 0.717) is 18.6 Å². The Kier molecular flexibility index (Phi) is 6.36. The molecule has 0 aromatic heterocycles. The predicted octanol–water partition coefficient (Wildman–Crippen LogP) is 2.33. The highest BCUT2D eigenvalue weighted by atomic mass is 32.2. The first-order chi connectivity index (χ1) is 10.2. The Morgan fingerprint density at radius 3 is 2.32 bits per heavy atom. The number of ether oxygens (including phenoxy) is 1. The number of carbonyl (C=O) groups is 1. The topological polar surface area (TPSA) is 72.5 Å². The number of rotatable bonds is 7. The molecule has 0 amide bonds. The van der Waals surface area contributed by atoms with Gasteiger partial charge in [-0.05, 0) is 30.7 Å². The Morgan fingerprint density at radius 2 is 1.82 bits per heavy atom. The summed E-state index contributed by atoms with van der Waals surface area (Å²) in [5.74, 6) is -0.746. The highest BCUT2D eigenvalue weighted by molar-refractivity contribution is 7.89. The van der Waals surface area contributed by atoms with Gasteiger partial charge in [-0.1, -0.05) is 13.3 Å². The fourth-order valence-corrected chi connectivity index (χ4v) is 2.41. The molecule has 0 atom stereocenters. The van der Waals surface area contributed by atoms with Crippen LogP contribution in [0.5, 0.6) is 0 Å². The van der Waals surface area contributed by atoms with Gasteiger partial charge in [-0.2, -0.15) is 17.9 Å². The molecule has 1 N–H and O–H groups in total. The molecular formula is C13H16F3NO4S. The lowest BCUT2D eigenvalue weighted by Crippen LogP contribution is -2.30. The van der Waals surface area contributed by atoms with E-state index in [1.54, 1.807) is 0 Å². The first kappa shape index (κ1) is 18.4. The van der Waals surface area contributed by atoms with Gasteiger partial charge in [0.05, 0.1) is 17.1 Å². The van der Waals surface area contributed by atoms with Crippen LogP contribution in [0.25, 0.3) is 0 Å². The zero-order valence-electron chi connectivity index (χ0n) is 11.8. The van der Waals surface area contributed by atoms with E-state index in [1.807, 2.05) is 11.6 Å². The second-order valence-corrected chi connectivity index (χ2v) is 6.19. The van der Waals surface area contributed by atoms with E-state index in [-0.39, 0.29) is 11.5 Å². The van der Waals surface area contributed by atoms with Crippen molar-refractivity contribution in [3.63, 3.8) is 0 Å². The van der Waals surface area contributed by atoms with Crippen LogP contribution in [0, 0.1) is 0 Å². The molecule has 9 heteroatoms. The summed E-state index contributed by atoms with van der Waals surface area (Å²) in [7, 11) is -4.07. The van der Waals surface area contributed by atoms with Crippen molar-refractivity contribution in [3.05, 3.63) is 29.8 Å². The summed E-state index contributed by atoms with van der Waals surface area (Å²) < 4.78 is 67.6. The van der Waals surface area contributed by atoms with Gasteiger partial charge >= 0.3 is 12.1 Å². The second kappa shape index (κ2) is 7.59. The maximum Gasteiger partial charge on any atom is 0.416 e. The van der Waals surface area contributed by atoms with Gasteiger partial charge in [0.1, 0.15) is 6.54 Å². The lowest BCUT2D eigenvalue weighted by atomic mass is 10.2. The van der Waals surface area contributed by atoms with Crippen LogP contribution >= 0.6 is 0 Å². The number of esters is 1. The van der Waals surface area contributed by atoms with Gasteiger partial charge in [0.2, 0.25) is 10.0 Å². The van der Waals surface area contributed by atoms with E-state index in [9.17, 15) is 26.4 Å². The van der Waals surface area contributed by atoms with Gasteiger partial charge in [0.15, 0.2) is 0 Å². The van der Waals surface area contributed by atoms with E-state index in [0.717, 1.165) is 18.6 Å². The molecule has 5 nitrogen and oxygen atoms in total. The molecule has 0 fully saturated rings. The van der Waals surface area contributed by atoms with E-state index >= 15 is 0 Å². The predicted molar refractivity (Wildman–Crippen MR) is 72.5 cm³/mol. The molecule has 1 rings (SSSR count). The molecule has 0 aliphatic rings. The van der Waals surface area contributed by atoms with E-state index in [4.69, 9.17) is 4.74 Å². The molecule has 1 aromatic rings. The highest BCUT2D eigenvalue weighted by Gasteiger charge is 2.30. The molecule has 22 heavy (non-hydrogen) atoms. The minimum absolute atomic E-state index is 0.192. The van der Waals surface area contributed by atoms with Gasteiger partial charge in [-0.25, -0.2) is 8.42 Å².